The van der Waals surface area contributed by atoms with Crippen LogP contribution >= 0.6 is 0 Å². The van der Waals surface area contributed by atoms with Crippen molar-refractivity contribution in [2.45, 2.75) is 31.3 Å². The summed E-state index contributed by atoms with van der Waals surface area (Å²) < 4.78 is 28.6. The third kappa shape index (κ3) is 3.80. The Bertz CT molecular complexity index is 1100. The van der Waals surface area contributed by atoms with Crippen LogP contribution in [0.15, 0.2) is 35.1 Å². The van der Waals surface area contributed by atoms with Gasteiger partial charge in [-0.15, -0.1) is 0 Å². The standard InChI is InChI=1S/C19H20N2O6S/c22-17-9-16(20-15-4-2-1-3-14(15)17)19(24)27-10-18(23)21(12-5-6-12)13-7-8-28(25,26)11-13/h1-4,9,12-13H,5-8,10-11H2,(H,20,22)/t13-/m0/s1. The number of benzene rings is 1. The van der Waals surface area contributed by atoms with Crippen LogP contribution in [0.3, 0.4) is 0 Å². The molecule has 1 aromatic carbocycles. The molecule has 2 heterocycles. The number of carbonyl (C=O) groups excluding carboxylic acids is 2. The van der Waals surface area contributed by atoms with Gasteiger partial charge < -0.3 is 14.6 Å². The molecule has 1 aromatic heterocycles. The molecule has 4 rings (SSSR count). The molecule has 1 aliphatic heterocycles. The van der Waals surface area contributed by atoms with Crippen LogP contribution in [0.1, 0.15) is 29.8 Å². The van der Waals surface area contributed by atoms with Crippen LogP contribution in [0, 0.1) is 0 Å². The summed E-state index contributed by atoms with van der Waals surface area (Å²) in [5, 5.41) is 0.456. The molecule has 0 bridgehead atoms. The van der Waals surface area contributed by atoms with Gasteiger partial charge in [0.2, 0.25) is 0 Å². The van der Waals surface area contributed by atoms with Crippen LogP contribution in [-0.4, -0.2) is 60.4 Å². The summed E-state index contributed by atoms with van der Waals surface area (Å²) in [6.07, 6.45) is 2.07. The van der Waals surface area contributed by atoms with E-state index < -0.39 is 28.3 Å². The van der Waals surface area contributed by atoms with Crippen LogP contribution in [-0.2, 0) is 19.4 Å². The highest BCUT2D eigenvalue weighted by atomic mass is 32.2. The van der Waals surface area contributed by atoms with Crippen molar-refractivity contribution in [1.29, 1.82) is 0 Å². The molecule has 1 atom stereocenters. The van der Waals surface area contributed by atoms with E-state index in [1.807, 2.05) is 0 Å². The van der Waals surface area contributed by atoms with Crippen LogP contribution in [0.5, 0.6) is 0 Å². The Kier molecular flexibility index (Phi) is 4.70. The summed E-state index contributed by atoms with van der Waals surface area (Å²) >= 11 is 0. The molecule has 2 aromatic rings. The number of nitrogens with zero attached hydrogens (tertiary/aromatic N) is 1. The highest BCUT2D eigenvalue weighted by Gasteiger charge is 2.42. The van der Waals surface area contributed by atoms with Gasteiger partial charge in [0.25, 0.3) is 5.91 Å². The van der Waals surface area contributed by atoms with Gasteiger partial charge in [-0.05, 0) is 31.4 Å². The number of para-hydroxylation sites is 1. The molecule has 1 N–H and O–H groups in total. The zero-order chi connectivity index (χ0) is 19.9. The van der Waals surface area contributed by atoms with Crippen LogP contribution in [0.25, 0.3) is 10.9 Å². The van der Waals surface area contributed by atoms with Crippen LogP contribution < -0.4 is 5.43 Å². The highest BCUT2D eigenvalue weighted by Crippen LogP contribution is 2.32. The maximum absolute atomic E-state index is 12.6. The number of aromatic amines is 1. The van der Waals surface area contributed by atoms with Crippen molar-refractivity contribution in [2.24, 2.45) is 0 Å². The molecule has 148 valence electrons. The number of hydrogen-bond acceptors (Lipinski definition) is 6. The molecule has 1 amide bonds. The predicted octanol–water partition coefficient (Wildman–Crippen LogP) is 0.863. The van der Waals surface area contributed by atoms with E-state index in [-0.39, 0.29) is 34.7 Å². The average molecular weight is 404 g/mol. The number of H-pyrrole nitrogens is 1. The van der Waals surface area contributed by atoms with Gasteiger partial charge in [-0.2, -0.15) is 0 Å². The van der Waals surface area contributed by atoms with Gasteiger partial charge in [-0.3, -0.25) is 9.59 Å². The number of sulfone groups is 1. The first-order valence-electron chi connectivity index (χ1n) is 9.15. The van der Waals surface area contributed by atoms with E-state index in [1.165, 1.54) is 0 Å². The van der Waals surface area contributed by atoms with Crippen LogP contribution in [0.4, 0.5) is 0 Å². The minimum Gasteiger partial charge on any atom is -0.451 e. The first-order chi connectivity index (χ1) is 13.3. The van der Waals surface area contributed by atoms with E-state index in [4.69, 9.17) is 4.74 Å². The lowest BCUT2D eigenvalue weighted by Gasteiger charge is -2.28. The first kappa shape index (κ1) is 18.7. The number of carbonyl (C=O) groups is 2. The molecule has 1 aliphatic carbocycles. The smallest absolute Gasteiger partial charge is 0.355 e. The van der Waals surface area contributed by atoms with Gasteiger partial charge in [0.05, 0.1) is 11.5 Å². The second kappa shape index (κ2) is 7.05. The van der Waals surface area contributed by atoms with E-state index in [9.17, 15) is 22.8 Å². The number of hydrogen-bond donors (Lipinski definition) is 1. The summed E-state index contributed by atoms with van der Waals surface area (Å²) in [5.41, 5.74) is 0.158. The van der Waals surface area contributed by atoms with Crippen LogP contribution in [0.2, 0.25) is 0 Å². The zero-order valence-corrected chi connectivity index (χ0v) is 15.9. The quantitative estimate of drug-likeness (QED) is 0.740. The van der Waals surface area contributed by atoms with Gasteiger partial charge in [-0.1, -0.05) is 12.1 Å². The lowest BCUT2D eigenvalue weighted by Crippen LogP contribution is -2.44. The predicted molar refractivity (Wildman–Crippen MR) is 102 cm³/mol. The van der Waals surface area contributed by atoms with Crippen molar-refractivity contribution in [3.05, 3.63) is 46.2 Å². The molecule has 0 spiro atoms. The number of nitrogens with one attached hydrogen (secondary N) is 1. The Morgan fingerprint density at radius 2 is 1.89 bits per heavy atom. The van der Waals surface area contributed by atoms with Crippen molar-refractivity contribution in [2.75, 3.05) is 18.1 Å². The fourth-order valence-corrected chi connectivity index (χ4v) is 5.35. The third-order valence-electron chi connectivity index (χ3n) is 5.11. The molecular formula is C19H20N2O6S. The number of rotatable bonds is 5. The average Bonchev–Trinajstić information content (AvgIpc) is 3.42. The zero-order valence-electron chi connectivity index (χ0n) is 15.1. The van der Waals surface area contributed by atoms with Gasteiger partial charge in [0.15, 0.2) is 21.9 Å². The number of pyridine rings is 1. The van der Waals surface area contributed by atoms with Gasteiger partial charge in [-0.25, -0.2) is 13.2 Å². The lowest BCUT2D eigenvalue weighted by atomic mass is 10.2. The second-order valence-corrected chi connectivity index (χ2v) is 9.49. The Morgan fingerprint density at radius 1 is 1.14 bits per heavy atom. The maximum atomic E-state index is 12.6. The lowest BCUT2D eigenvalue weighted by molar-refractivity contribution is -0.137. The highest BCUT2D eigenvalue weighted by molar-refractivity contribution is 7.91. The van der Waals surface area contributed by atoms with Crippen molar-refractivity contribution < 1.29 is 22.7 Å². The fraction of sp³-hybridized carbons (Fsp3) is 0.421. The second-order valence-electron chi connectivity index (χ2n) is 7.26. The number of amides is 1. The molecule has 0 radical (unpaired) electrons. The van der Waals surface area contributed by atoms with E-state index in [2.05, 4.69) is 4.98 Å². The number of ether oxygens (including phenoxy) is 1. The molecule has 8 nitrogen and oxygen atoms in total. The summed E-state index contributed by atoms with van der Waals surface area (Å²) in [4.78, 5) is 41.5. The molecule has 1 saturated carbocycles. The normalized spacial score (nSPS) is 20.8. The Morgan fingerprint density at radius 3 is 2.57 bits per heavy atom. The molecule has 28 heavy (non-hydrogen) atoms. The largest absolute Gasteiger partial charge is 0.451 e. The first-order valence-corrected chi connectivity index (χ1v) is 11.0. The van der Waals surface area contributed by atoms with Gasteiger partial charge in [0.1, 0.15) is 5.69 Å². The molecule has 0 unspecified atom stereocenters. The fourth-order valence-electron chi connectivity index (χ4n) is 3.64. The van der Waals surface area contributed by atoms with E-state index in [0.717, 1.165) is 18.9 Å². The molecule has 2 aliphatic rings. The van der Waals surface area contributed by atoms with Crippen molar-refractivity contribution in [3.63, 3.8) is 0 Å². The van der Waals surface area contributed by atoms with E-state index in [1.54, 1.807) is 29.2 Å². The minimum atomic E-state index is -3.12. The van der Waals surface area contributed by atoms with Crippen molar-refractivity contribution in [1.82, 2.24) is 9.88 Å². The topological polar surface area (TPSA) is 114 Å². The minimum absolute atomic E-state index is 0.0185. The van der Waals surface area contributed by atoms with Crippen molar-refractivity contribution >= 4 is 32.6 Å². The molecule has 2 fully saturated rings. The van der Waals surface area contributed by atoms with Crippen molar-refractivity contribution in [3.8, 4) is 0 Å². The van der Waals surface area contributed by atoms with E-state index >= 15 is 0 Å². The SMILES string of the molecule is O=C(OCC(=O)N(C1CC1)[C@H]1CCS(=O)(=O)C1)c1cc(=O)c2ccccc2[nH]1. The Hall–Kier alpha value is -2.68. The van der Waals surface area contributed by atoms with E-state index in [0.29, 0.717) is 17.3 Å². The summed E-state index contributed by atoms with van der Waals surface area (Å²) in [6, 6.07) is 7.60. The number of aromatic nitrogens is 1. The Balaban J connectivity index is 1.45. The maximum Gasteiger partial charge on any atom is 0.355 e. The summed E-state index contributed by atoms with van der Waals surface area (Å²) in [7, 11) is -3.12. The monoisotopic (exact) mass is 404 g/mol. The summed E-state index contributed by atoms with van der Waals surface area (Å²) in [5.74, 6) is -1.17. The number of esters is 1. The Labute approximate surface area is 161 Å². The molecular weight excluding hydrogens is 384 g/mol. The third-order valence-corrected chi connectivity index (χ3v) is 6.86. The molecule has 1 saturated heterocycles. The molecule has 9 heteroatoms. The number of fused-ring (bicyclic) bond motifs is 1. The van der Waals surface area contributed by atoms with Gasteiger partial charge >= 0.3 is 5.97 Å². The van der Waals surface area contributed by atoms with Gasteiger partial charge in [0, 0.05) is 29.1 Å². The summed E-state index contributed by atoms with van der Waals surface area (Å²) in [6.45, 7) is -0.485.